The van der Waals surface area contributed by atoms with Gasteiger partial charge in [0.15, 0.2) is 0 Å². The molecule has 2 rings (SSSR count). The van der Waals surface area contributed by atoms with Crippen molar-refractivity contribution in [1.82, 2.24) is 5.32 Å². The molecule has 0 aliphatic heterocycles. The molecule has 0 aliphatic rings. The van der Waals surface area contributed by atoms with Gasteiger partial charge in [-0.3, -0.25) is 9.10 Å². The van der Waals surface area contributed by atoms with Crippen molar-refractivity contribution in [1.29, 1.82) is 0 Å². The lowest BCUT2D eigenvalue weighted by Gasteiger charge is -2.24. The first-order valence-corrected chi connectivity index (χ1v) is 10.7. The van der Waals surface area contributed by atoms with Gasteiger partial charge in [-0.15, -0.1) is 6.58 Å². The van der Waals surface area contributed by atoms with E-state index in [0.29, 0.717) is 10.7 Å². The largest absolute Gasteiger partial charge is 0.347 e. The average Bonchev–Trinajstić information content (AvgIpc) is 2.59. The van der Waals surface area contributed by atoms with Crippen LogP contribution in [0.5, 0.6) is 0 Å². The van der Waals surface area contributed by atoms with E-state index in [-0.39, 0.29) is 27.9 Å². The van der Waals surface area contributed by atoms with Crippen LogP contribution in [0.15, 0.2) is 60.0 Å². The van der Waals surface area contributed by atoms with E-state index in [1.54, 1.807) is 24.3 Å². The van der Waals surface area contributed by atoms with Crippen molar-refractivity contribution in [3.63, 3.8) is 0 Å². The molecule has 0 aromatic heterocycles. The number of carbonyl (C=O) groups is 1. The van der Waals surface area contributed by atoms with Crippen LogP contribution in [0, 0.1) is 0 Å². The average molecular weight is 441 g/mol. The second-order valence-electron chi connectivity index (χ2n) is 7.15. The van der Waals surface area contributed by atoms with Gasteiger partial charge in [0.2, 0.25) is 0 Å². The van der Waals surface area contributed by atoms with Gasteiger partial charge in [-0.1, -0.05) is 29.3 Å². The number of rotatable bonds is 6. The van der Waals surface area contributed by atoms with Crippen LogP contribution in [-0.2, 0) is 10.0 Å². The zero-order valence-electron chi connectivity index (χ0n) is 15.9. The highest BCUT2D eigenvalue weighted by Crippen LogP contribution is 2.30. The fourth-order valence-corrected chi connectivity index (χ4v) is 4.51. The summed E-state index contributed by atoms with van der Waals surface area (Å²) in [6, 6.07) is 10.5. The number of anilines is 1. The van der Waals surface area contributed by atoms with Crippen molar-refractivity contribution >= 4 is 44.8 Å². The van der Waals surface area contributed by atoms with Crippen LogP contribution >= 0.6 is 23.2 Å². The van der Waals surface area contributed by atoms with Gasteiger partial charge >= 0.3 is 0 Å². The van der Waals surface area contributed by atoms with Crippen molar-refractivity contribution in [3.05, 3.63) is 70.7 Å². The molecule has 0 radical (unpaired) electrons. The van der Waals surface area contributed by atoms with E-state index in [2.05, 4.69) is 11.9 Å². The zero-order valence-corrected chi connectivity index (χ0v) is 18.2. The molecular weight excluding hydrogens is 419 g/mol. The number of carbonyl (C=O) groups excluding carboxylic acids is 1. The number of sulfonamides is 1. The molecule has 2 aromatic rings. The number of amides is 1. The minimum Gasteiger partial charge on any atom is -0.347 e. The monoisotopic (exact) mass is 440 g/mol. The Morgan fingerprint density at radius 3 is 2.29 bits per heavy atom. The van der Waals surface area contributed by atoms with Gasteiger partial charge < -0.3 is 5.32 Å². The third-order valence-electron chi connectivity index (χ3n) is 3.66. The van der Waals surface area contributed by atoms with Crippen molar-refractivity contribution in [2.45, 2.75) is 31.2 Å². The maximum Gasteiger partial charge on any atom is 0.266 e. The summed E-state index contributed by atoms with van der Waals surface area (Å²) in [4.78, 5) is 12.3. The quantitative estimate of drug-likeness (QED) is 0.649. The molecule has 150 valence electrons. The maximum atomic E-state index is 13.3. The molecule has 5 nitrogen and oxygen atoms in total. The molecule has 0 saturated heterocycles. The summed E-state index contributed by atoms with van der Waals surface area (Å²) in [6.45, 7) is 9.17. The van der Waals surface area contributed by atoms with Crippen LogP contribution in [-0.4, -0.2) is 26.4 Å². The Hall–Kier alpha value is -2.02. The first-order valence-electron chi connectivity index (χ1n) is 8.47. The summed E-state index contributed by atoms with van der Waals surface area (Å²) in [5.41, 5.74) is 0.144. The van der Waals surface area contributed by atoms with Crippen LogP contribution in [0.1, 0.15) is 31.1 Å². The summed E-state index contributed by atoms with van der Waals surface area (Å²) < 4.78 is 27.8. The fraction of sp³-hybridized carbons (Fsp3) is 0.250. The molecule has 0 unspecified atom stereocenters. The highest BCUT2D eigenvalue weighted by molar-refractivity contribution is 7.93. The van der Waals surface area contributed by atoms with Crippen molar-refractivity contribution in [2.75, 3.05) is 10.8 Å². The Bertz CT molecular complexity index is 982. The molecule has 0 heterocycles. The second kappa shape index (κ2) is 8.55. The second-order valence-corrected chi connectivity index (χ2v) is 9.82. The molecule has 0 bridgehead atoms. The maximum absolute atomic E-state index is 13.3. The predicted octanol–water partition coefficient (Wildman–Crippen LogP) is 4.90. The lowest BCUT2D eigenvalue weighted by molar-refractivity contribution is 0.0919. The number of hydrogen-bond acceptors (Lipinski definition) is 3. The summed E-state index contributed by atoms with van der Waals surface area (Å²) in [7, 11) is -4.05. The Kier molecular flexibility index (Phi) is 6.80. The standard InChI is InChI=1S/C20H22Cl2N2O3S/c1-5-12-24(16-9-7-15(21)8-10-16)28(26,27)18-13-14(6-11-17(18)22)19(25)23-20(2,3)4/h5-11,13H,1,12H2,2-4H3,(H,23,25). The Morgan fingerprint density at radius 2 is 1.75 bits per heavy atom. The van der Waals surface area contributed by atoms with E-state index in [1.165, 1.54) is 24.3 Å². The van der Waals surface area contributed by atoms with Gasteiger partial charge in [0, 0.05) is 16.1 Å². The van der Waals surface area contributed by atoms with Crippen molar-refractivity contribution < 1.29 is 13.2 Å². The van der Waals surface area contributed by atoms with Gasteiger partial charge in [-0.05, 0) is 63.2 Å². The molecule has 0 spiro atoms. The Balaban J connectivity index is 2.53. The molecule has 2 aromatic carbocycles. The molecule has 0 fully saturated rings. The third kappa shape index (κ3) is 5.28. The molecule has 8 heteroatoms. The molecule has 0 aliphatic carbocycles. The van der Waals surface area contributed by atoms with Crippen molar-refractivity contribution in [3.8, 4) is 0 Å². The Labute approximate surface area is 176 Å². The summed E-state index contributed by atoms with van der Waals surface area (Å²) in [6.07, 6.45) is 1.47. The molecular formula is C20H22Cl2N2O3S. The minimum atomic E-state index is -4.05. The first kappa shape index (κ1) is 22.3. The van der Waals surface area contributed by atoms with Crippen LogP contribution < -0.4 is 9.62 Å². The van der Waals surface area contributed by atoms with Crippen LogP contribution in [0.2, 0.25) is 10.0 Å². The van der Waals surface area contributed by atoms with Gasteiger partial charge in [0.05, 0.1) is 17.3 Å². The zero-order chi connectivity index (χ0) is 21.1. The fourth-order valence-electron chi connectivity index (χ4n) is 2.44. The molecule has 1 amide bonds. The summed E-state index contributed by atoms with van der Waals surface area (Å²) >= 11 is 12.1. The smallest absolute Gasteiger partial charge is 0.266 e. The Morgan fingerprint density at radius 1 is 1.14 bits per heavy atom. The first-order chi connectivity index (χ1) is 13.0. The number of nitrogens with one attached hydrogen (secondary N) is 1. The molecule has 0 saturated carbocycles. The normalized spacial score (nSPS) is 11.8. The topological polar surface area (TPSA) is 66.5 Å². The lowest BCUT2D eigenvalue weighted by atomic mass is 10.1. The van der Waals surface area contributed by atoms with Gasteiger partial charge in [-0.2, -0.15) is 0 Å². The van der Waals surface area contributed by atoms with E-state index in [4.69, 9.17) is 23.2 Å². The van der Waals surface area contributed by atoms with Crippen LogP contribution in [0.3, 0.4) is 0 Å². The highest BCUT2D eigenvalue weighted by Gasteiger charge is 2.28. The number of benzene rings is 2. The van der Waals surface area contributed by atoms with Gasteiger partial charge in [0.25, 0.3) is 15.9 Å². The predicted molar refractivity (Wildman–Crippen MR) is 115 cm³/mol. The molecule has 1 N–H and O–H groups in total. The van der Waals surface area contributed by atoms with Crippen LogP contribution in [0.4, 0.5) is 5.69 Å². The SMILES string of the molecule is C=CCN(c1ccc(Cl)cc1)S(=O)(=O)c1cc(C(=O)NC(C)(C)C)ccc1Cl. The lowest BCUT2D eigenvalue weighted by Crippen LogP contribution is -2.40. The van der Waals surface area contributed by atoms with Gasteiger partial charge in [0.1, 0.15) is 4.90 Å². The third-order valence-corrected chi connectivity index (χ3v) is 6.19. The number of hydrogen-bond donors (Lipinski definition) is 1. The summed E-state index contributed by atoms with van der Waals surface area (Å²) in [5, 5.41) is 3.31. The molecule has 0 atom stereocenters. The molecule has 28 heavy (non-hydrogen) atoms. The number of halogens is 2. The van der Waals surface area contributed by atoms with E-state index < -0.39 is 15.6 Å². The number of nitrogens with zero attached hydrogens (tertiary/aromatic N) is 1. The summed E-state index contributed by atoms with van der Waals surface area (Å²) in [5.74, 6) is -0.387. The van der Waals surface area contributed by atoms with Crippen molar-refractivity contribution in [2.24, 2.45) is 0 Å². The minimum absolute atomic E-state index is 0.0235. The van der Waals surface area contributed by atoms with Crippen LogP contribution in [0.25, 0.3) is 0 Å². The highest BCUT2D eigenvalue weighted by atomic mass is 35.5. The van der Waals surface area contributed by atoms with E-state index in [0.717, 1.165) is 4.31 Å². The van der Waals surface area contributed by atoms with E-state index in [9.17, 15) is 13.2 Å². The van der Waals surface area contributed by atoms with E-state index in [1.807, 2.05) is 20.8 Å². The van der Waals surface area contributed by atoms with Gasteiger partial charge in [-0.25, -0.2) is 8.42 Å². The van der Waals surface area contributed by atoms with E-state index >= 15 is 0 Å².